The Bertz CT molecular complexity index is 788. The Hall–Kier alpha value is -2.82. The van der Waals surface area contributed by atoms with Gasteiger partial charge >= 0.3 is 0 Å². The maximum Gasteiger partial charge on any atom is 0.231 e. The van der Waals surface area contributed by atoms with E-state index in [-0.39, 0.29) is 24.3 Å². The van der Waals surface area contributed by atoms with E-state index in [1.165, 1.54) is 6.92 Å². The molecule has 0 saturated carbocycles. The summed E-state index contributed by atoms with van der Waals surface area (Å²) in [7, 11) is 0. The van der Waals surface area contributed by atoms with Crippen molar-refractivity contribution in [3.05, 3.63) is 54.1 Å². The second-order valence-corrected chi connectivity index (χ2v) is 6.14. The number of amides is 2. The van der Waals surface area contributed by atoms with Gasteiger partial charge in [-0.3, -0.25) is 9.59 Å². The Morgan fingerprint density at radius 1 is 1.16 bits per heavy atom. The summed E-state index contributed by atoms with van der Waals surface area (Å²) in [5.74, 6) is 0.582. The minimum atomic E-state index is -0.150. The van der Waals surface area contributed by atoms with Crippen LogP contribution in [-0.2, 0) is 16.0 Å². The van der Waals surface area contributed by atoms with Gasteiger partial charge in [-0.15, -0.1) is 0 Å². The van der Waals surface area contributed by atoms with Crippen LogP contribution in [0.5, 0.6) is 5.75 Å². The first-order valence-electron chi connectivity index (χ1n) is 8.50. The average Bonchev–Trinajstić information content (AvgIpc) is 2.61. The molecule has 0 radical (unpaired) electrons. The standard InChI is InChI=1S/C20H22N2O3/c1-3-16-13-22(18-10-6-7-11-19(18)25-16)20(24)12-15-8-4-5-9-17(15)21-14(2)23/h4-11,16H,3,12-13H2,1-2H3,(H,21,23)/t16-/m1/s1. The molecule has 1 N–H and O–H groups in total. The molecule has 1 atom stereocenters. The van der Waals surface area contributed by atoms with E-state index < -0.39 is 0 Å². The fourth-order valence-electron chi connectivity index (χ4n) is 2.99. The molecule has 2 amide bonds. The van der Waals surface area contributed by atoms with E-state index in [4.69, 9.17) is 4.74 Å². The molecule has 0 saturated heterocycles. The Morgan fingerprint density at radius 2 is 1.88 bits per heavy atom. The summed E-state index contributed by atoms with van der Waals surface area (Å²) in [5, 5.41) is 2.79. The van der Waals surface area contributed by atoms with Crippen LogP contribution in [0.1, 0.15) is 25.8 Å². The molecule has 0 fully saturated rings. The first kappa shape index (κ1) is 17.0. The van der Waals surface area contributed by atoms with Gasteiger partial charge in [-0.1, -0.05) is 37.3 Å². The predicted molar refractivity (Wildman–Crippen MR) is 98.0 cm³/mol. The number of nitrogens with zero attached hydrogens (tertiary/aromatic N) is 1. The maximum atomic E-state index is 13.0. The monoisotopic (exact) mass is 338 g/mol. The van der Waals surface area contributed by atoms with Gasteiger partial charge in [0.2, 0.25) is 11.8 Å². The van der Waals surface area contributed by atoms with E-state index in [1.807, 2.05) is 55.5 Å². The van der Waals surface area contributed by atoms with E-state index >= 15 is 0 Å². The van der Waals surface area contributed by atoms with Crippen LogP contribution >= 0.6 is 0 Å². The third-order valence-corrected chi connectivity index (χ3v) is 4.26. The van der Waals surface area contributed by atoms with E-state index in [2.05, 4.69) is 5.32 Å². The Labute approximate surface area is 147 Å². The molecule has 2 aromatic rings. The van der Waals surface area contributed by atoms with Crippen LogP contribution < -0.4 is 15.0 Å². The van der Waals surface area contributed by atoms with Crippen molar-refractivity contribution >= 4 is 23.2 Å². The van der Waals surface area contributed by atoms with Gasteiger partial charge in [-0.25, -0.2) is 0 Å². The molecule has 5 nitrogen and oxygen atoms in total. The fraction of sp³-hybridized carbons (Fsp3) is 0.300. The highest BCUT2D eigenvalue weighted by Crippen LogP contribution is 2.34. The van der Waals surface area contributed by atoms with Gasteiger partial charge in [0.15, 0.2) is 0 Å². The van der Waals surface area contributed by atoms with Crippen LogP contribution in [0.4, 0.5) is 11.4 Å². The number of para-hydroxylation sites is 3. The summed E-state index contributed by atoms with van der Waals surface area (Å²) in [6, 6.07) is 15.0. The van der Waals surface area contributed by atoms with Gasteiger partial charge in [0, 0.05) is 12.6 Å². The van der Waals surface area contributed by atoms with Gasteiger partial charge in [-0.2, -0.15) is 0 Å². The highest BCUT2D eigenvalue weighted by molar-refractivity contribution is 5.98. The van der Waals surface area contributed by atoms with Crippen molar-refractivity contribution in [2.24, 2.45) is 0 Å². The zero-order valence-corrected chi connectivity index (χ0v) is 14.5. The molecule has 0 spiro atoms. The van der Waals surface area contributed by atoms with Gasteiger partial charge in [0.25, 0.3) is 0 Å². The lowest BCUT2D eigenvalue weighted by molar-refractivity contribution is -0.118. The van der Waals surface area contributed by atoms with E-state index in [0.717, 1.165) is 23.4 Å². The Morgan fingerprint density at radius 3 is 2.64 bits per heavy atom. The van der Waals surface area contributed by atoms with E-state index in [0.29, 0.717) is 12.2 Å². The molecule has 1 aliphatic rings. The highest BCUT2D eigenvalue weighted by atomic mass is 16.5. The van der Waals surface area contributed by atoms with Crippen molar-refractivity contribution in [3.8, 4) is 5.75 Å². The number of ether oxygens (including phenoxy) is 1. The van der Waals surface area contributed by atoms with Crippen molar-refractivity contribution in [1.29, 1.82) is 0 Å². The zero-order chi connectivity index (χ0) is 17.8. The van der Waals surface area contributed by atoms with Crippen molar-refractivity contribution in [2.45, 2.75) is 32.8 Å². The topological polar surface area (TPSA) is 58.6 Å². The number of nitrogens with one attached hydrogen (secondary N) is 1. The molecular formula is C20H22N2O3. The van der Waals surface area contributed by atoms with Crippen LogP contribution in [0.25, 0.3) is 0 Å². The lowest BCUT2D eigenvalue weighted by Crippen LogP contribution is -2.44. The molecule has 0 aromatic heterocycles. The second-order valence-electron chi connectivity index (χ2n) is 6.14. The maximum absolute atomic E-state index is 13.0. The van der Waals surface area contributed by atoms with Crippen LogP contribution in [0.2, 0.25) is 0 Å². The molecule has 25 heavy (non-hydrogen) atoms. The first-order chi connectivity index (χ1) is 12.1. The number of anilines is 2. The van der Waals surface area contributed by atoms with Crippen molar-refractivity contribution in [1.82, 2.24) is 0 Å². The minimum absolute atomic E-state index is 0.00741. The SMILES string of the molecule is CC[C@@H]1CN(C(=O)Cc2ccccc2NC(C)=O)c2ccccc2O1. The normalized spacial score (nSPS) is 15.9. The van der Waals surface area contributed by atoms with E-state index in [9.17, 15) is 9.59 Å². The van der Waals surface area contributed by atoms with Crippen LogP contribution in [0.15, 0.2) is 48.5 Å². The number of rotatable bonds is 4. The Balaban J connectivity index is 1.85. The average molecular weight is 338 g/mol. The van der Waals surface area contributed by atoms with Crippen LogP contribution in [0.3, 0.4) is 0 Å². The quantitative estimate of drug-likeness (QED) is 0.929. The largest absolute Gasteiger partial charge is 0.486 e. The summed E-state index contributed by atoms with van der Waals surface area (Å²) in [5.41, 5.74) is 2.28. The van der Waals surface area contributed by atoms with Crippen LogP contribution in [0, 0.1) is 0 Å². The van der Waals surface area contributed by atoms with Gasteiger partial charge in [0.1, 0.15) is 11.9 Å². The molecule has 130 valence electrons. The first-order valence-corrected chi connectivity index (χ1v) is 8.50. The number of hydrogen-bond donors (Lipinski definition) is 1. The summed E-state index contributed by atoms with van der Waals surface area (Å²) < 4.78 is 5.94. The lowest BCUT2D eigenvalue weighted by Gasteiger charge is -2.34. The van der Waals surface area contributed by atoms with Gasteiger partial charge in [0.05, 0.1) is 18.7 Å². The molecule has 0 bridgehead atoms. The summed E-state index contributed by atoms with van der Waals surface area (Å²) in [6.07, 6.45) is 1.05. The summed E-state index contributed by atoms with van der Waals surface area (Å²) >= 11 is 0. The Kier molecular flexibility index (Phi) is 5.03. The summed E-state index contributed by atoms with van der Waals surface area (Å²) in [6.45, 7) is 4.05. The van der Waals surface area contributed by atoms with E-state index in [1.54, 1.807) is 4.90 Å². The number of fused-ring (bicyclic) bond motifs is 1. The highest BCUT2D eigenvalue weighted by Gasteiger charge is 2.28. The molecule has 5 heteroatoms. The minimum Gasteiger partial charge on any atom is -0.486 e. The molecule has 3 rings (SSSR count). The molecule has 0 unspecified atom stereocenters. The number of benzene rings is 2. The molecule has 1 aliphatic heterocycles. The third-order valence-electron chi connectivity index (χ3n) is 4.26. The summed E-state index contributed by atoms with van der Waals surface area (Å²) in [4.78, 5) is 26.2. The van der Waals surface area contributed by atoms with Crippen molar-refractivity contribution in [3.63, 3.8) is 0 Å². The molecule has 1 heterocycles. The third kappa shape index (κ3) is 3.82. The van der Waals surface area contributed by atoms with Gasteiger partial charge < -0.3 is 15.0 Å². The molecule has 0 aliphatic carbocycles. The second kappa shape index (κ2) is 7.38. The van der Waals surface area contributed by atoms with Crippen LogP contribution in [-0.4, -0.2) is 24.5 Å². The fourth-order valence-corrected chi connectivity index (χ4v) is 2.99. The van der Waals surface area contributed by atoms with Crippen molar-refractivity contribution in [2.75, 3.05) is 16.8 Å². The predicted octanol–water partition coefficient (Wildman–Crippen LogP) is 3.39. The number of carbonyl (C=O) groups is 2. The molecule has 2 aromatic carbocycles. The lowest BCUT2D eigenvalue weighted by atomic mass is 10.1. The van der Waals surface area contributed by atoms with Gasteiger partial charge in [-0.05, 0) is 30.2 Å². The molecular weight excluding hydrogens is 316 g/mol. The number of hydrogen-bond acceptors (Lipinski definition) is 3. The zero-order valence-electron chi connectivity index (χ0n) is 14.5. The van der Waals surface area contributed by atoms with Crippen molar-refractivity contribution < 1.29 is 14.3 Å². The number of carbonyl (C=O) groups excluding carboxylic acids is 2. The smallest absolute Gasteiger partial charge is 0.231 e.